The summed E-state index contributed by atoms with van der Waals surface area (Å²) in [5.41, 5.74) is 1.34. The van der Waals surface area contributed by atoms with Crippen molar-refractivity contribution in [3.05, 3.63) is 29.8 Å². The summed E-state index contributed by atoms with van der Waals surface area (Å²) < 4.78 is 5.79. The van der Waals surface area contributed by atoms with Crippen molar-refractivity contribution < 1.29 is 4.74 Å². The van der Waals surface area contributed by atoms with Crippen molar-refractivity contribution in [2.75, 3.05) is 39.3 Å². The lowest BCUT2D eigenvalue weighted by atomic mass is 10.2. The van der Waals surface area contributed by atoms with E-state index in [4.69, 9.17) is 4.74 Å². The van der Waals surface area contributed by atoms with Crippen LogP contribution >= 0.6 is 0 Å². The third kappa shape index (κ3) is 6.08. The average molecular weight is 264 g/mol. The van der Waals surface area contributed by atoms with Crippen LogP contribution in [0, 0.1) is 0 Å². The van der Waals surface area contributed by atoms with Crippen LogP contribution in [-0.2, 0) is 6.42 Å². The maximum Gasteiger partial charge on any atom is 0.119 e. The molecule has 0 spiro atoms. The van der Waals surface area contributed by atoms with Gasteiger partial charge in [0.1, 0.15) is 12.4 Å². The molecule has 1 aliphatic heterocycles. The van der Waals surface area contributed by atoms with E-state index >= 15 is 0 Å². The summed E-state index contributed by atoms with van der Waals surface area (Å²) in [5.74, 6) is 1.000. The molecule has 3 nitrogen and oxygen atoms in total. The zero-order valence-corrected chi connectivity index (χ0v) is 12.6. The SMILES string of the molecule is CC.CCc1cccc(OCCN2CCNCC2)c1. The smallest absolute Gasteiger partial charge is 0.119 e. The van der Waals surface area contributed by atoms with Gasteiger partial charge in [-0.05, 0) is 24.1 Å². The van der Waals surface area contributed by atoms with E-state index in [0.717, 1.165) is 51.5 Å². The molecule has 0 radical (unpaired) electrons. The Morgan fingerprint density at radius 1 is 1.21 bits per heavy atom. The van der Waals surface area contributed by atoms with Gasteiger partial charge in [0.25, 0.3) is 0 Å². The topological polar surface area (TPSA) is 24.5 Å². The number of nitrogens with one attached hydrogen (secondary N) is 1. The number of piperazine rings is 1. The highest BCUT2D eigenvalue weighted by Crippen LogP contribution is 2.13. The predicted molar refractivity (Wildman–Crippen MR) is 82.0 cm³/mol. The molecule has 0 atom stereocenters. The molecule has 0 aromatic heterocycles. The fourth-order valence-electron chi connectivity index (χ4n) is 2.08. The molecule has 1 fully saturated rings. The van der Waals surface area contributed by atoms with Crippen LogP contribution in [0.2, 0.25) is 0 Å². The minimum absolute atomic E-state index is 0.785. The van der Waals surface area contributed by atoms with Crippen molar-refractivity contribution in [3.63, 3.8) is 0 Å². The Morgan fingerprint density at radius 2 is 1.95 bits per heavy atom. The Morgan fingerprint density at radius 3 is 2.63 bits per heavy atom. The Kier molecular flexibility index (Phi) is 8.26. The summed E-state index contributed by atoms with van der Waals surface area (Å²) in [6, 6.07) is 8.39. The number of ether oxygens (including phenoxy) is 1. The van der Waals surface area contributed by atoms with E-state index in [1.165, 1.54) is 5.56 Å². The van der Waals surface area contributed by atoms with Crippen molar-refractivity contribution in [2.24, 2.45) is 0 Å². The van der Waals surface area contributed by atoms with Gasteiger partial charge in [0, 0.05) is 32.7 Å². The Labute approximate surface area is 118 Å². The van der Waals surface area contributed by atoms with E-state index in [-0.39, 0.29) is 0 Å². The van der Waals surface area contributed by atoms with E-state index in [2.05, 4.69) is 35.3 Å². The quantitative estimate of drug-likeness (QED) is 0.884. The molecule has 1 aromatic rings. The highest BCUT2D eigenvalue weighted by Gasteiger charge is 2.08. The first kappa shape index (κ1) is 16.0. The number of hydrogen-bond donors (Lipinski definition) is 1. The maximum absolute atomic E-state index is 5.79. The molecule has 108 valence electrons. The van der Waals surface area contributed by atoms with Gasteiger partial charge in [-0.15, -0.1) is 0 Å². The van der Waals surface area contributed by atoms with E-state index in [0.29, 0.717) is 0 Å². The second-order valence-corrected chi connectivity index (χ2v) is 4.44. The molecule has 3 heteroatoms. The van der Waals surface area contributed by atoms with E-state index in [1.54, 1.807) is 0 Å². The molecular weight excluding hydrogens is 236 g/mol. The molecule has 0 bridgehead atoms. The van der Waals surface area contributed by atoms with Crippen LogP contribution in [0.5, 0.6) is 5.75 Å². The van der Waals surface area contributed by atoms with E-state index < -0.39 is 0 Å². The summed E-state index contributed by atoms with van der Waals surface area (Å²) in [6.07, 6.45) is 1.06. The number of aryl methyl sites for hydroxylation is 1. The molecule has 1 heterocycles. The lowest BCUT2D eigenvalue weighted by molar-refractivity contribution is 0.191. The molecule has 1 aliphatic rings. The van der Waals surface area contributed by atoms with Crippen molar-refractivity contribution in [2.45, 2.75) is 27.2 Å². The van der Waals surface area contributed by atoms with Crippen LogP contribution in [0.1, 0.15) is 26.3 Å². The first-order chi connectivity index (χ1) is 9.38. The lowest BCUT2D eigenvalue weighted by Gasteiger charge is -2.26. The molecule has 2 rings (SSSR count). The van der Waals surface area contributed by atoms with Crippen LogP contribution in [0.3, 0.4) is 0 Å². The predicted octanol–water partition coefficient (Wildman–Crippen LogP) is 2.56. The van der Waals surface area contributed by atoms with Gasteiger partial charge in [-0.3, -0.25) is 4.90 Å². The van der Waals surface area contributed by atoms with Crippen molar-refractivity contribution in [3.8, 4) is 5.75 Å². The Hall–Kier alpha value is -1.06. The third-order valence-corrected chi connectivity index (χ3v) is 3.19. The van der Waals surface area contributed by atoms with Gasteiger partial charge in [-0.25, -0.2) is 0 Å². The monoisotopic (exact) mass is 264 g/mol. The number of hydrogen-bond acceptors (Lipinski definition) is 3. The molecule has 0 amide bonds. The van der Waals surface area contributed by atoms with E-state index in [1.807, 2.05) is 19.9 Å². The highest BCUT2D eigenvalue weighted by atomic mass is 16.5. The molecule has 1 saturated heterocycles. The summed E-state index contributed by atoms with van der Waals surface area (Å²) in [5, 5.41) is 3.36. The molecule has 19 heavy (non-hydrogen) atoms. The normalized spacial score (nSPS) is 15.5. The van der Waals surface area contributed by atoms with Gasteiger partial charge in [0.15, 0.2) is 0 Å². The van der Waals surface area contributed by atoms with Gasteiger partial charge in [-0.1, -0.05) is 32.9 Å². The molecular formula is C16H28N2O. The molecule has 0 unspecified atom stereocenters. The van der Waals surface area contributed by atoms with Gasteiger partial charge in [0.2, 0.25) is 0 Å². The van der Waals surface area contributed by atoms with Gasteiger partial charge >= 0.3 is 0 Å². The molecule has 0 aliphatic carbocycles. The van der Waals surface area contributed by atoms with Gasteiger partial charge in [0.05, 0.1) is 0 Å². The molecule has 1 aromatic carbocycles. The zero-order chi connectivity index (χ0) is 13.9. The molecule has 1 N–H and O–H groups in total. The fourth-order valence-corrected chi connectivity index (χ4v) is 2.08. The number of nitrogens with zero attached hydrogens (tertiary/aromatic N) is 1. The minimum Gasteiger partial charge on any atom is -0.492 e. The summed E-state index contributed by atoms with van der Waals surface area (Å²) in [7, 11) is 0. The first-order valence-electron chi connectivity index (χ1n) is 7.53. The molecule has 0 saturated carbocycles. The van der Waals surface area contributed by atoms with Crippen LogP contribution in [-0.4, -0.2) is 44.2 Å². The Balaban J connectivity index is 0.000000861. The summed E-state index contributed by atoms with van der Waals surface area (Å²) in [6.45, 7) is 12.5. The Bertz CT molecular complexity index is 335. The van der Waals surface area contributed by atoms with Crippen LogP contribution in [0.25, 0.3) is 0 Å². The third-order valence-electron chi connectivity index (χ3n) is 3.19. The van der Waals surface area contributed by atoms with Crippen molar-refractivity contribution in [1.82, 2.24) is 10.2 Å². The summed E-state index contributed by atoms with van der Waals surface area (Å²) in [4.78, 5) is 2.44. The minimum atomic E-state index is 0.785. The van der Waals surface area contributed by atoms with Gasteiger partial charge in [-0.2, -0.15) is 0 Å². The zero-order valence-electron chi connectivity index (χ0n) is 12.6. The summed E-state index contributed by atoms with van der Waals surface area (Å²) >= 11 is 0. The first-order valence-corrected chi connectivity index (χ1v) is 7.53. The second kappa shape index (κ2) is 9.82. The van der Waals surface area contributed by atoms with Crippen molar-refractivity contribution >= 4 is 0 Å². The largest absolute Gasteiger partial charge is 0.492 e. The number of rotatable bonds is 5. The van der Waals surface area contributed by atoms with Gasteiger partial charge < -0.3 is 10.1 Å². The highest BCUT2D eigenvalue weighted by molar-refractivity contribution is 5.28. The average Bonchev–Trinajstić information content (AvgIpc) is 2.51. The second-order valence-electron chi connectivity index (χ2n) is 4.44. The van der Waals surface area contributed by atoms with Crippen LogP contribution in [0.4, 0.5) is 0 Å². The van der Waals surface area contributed by atoms with E-state index in [9.17, 15) is 0 Å². The fraction of sp³-hybridized carbons (Fsp3) is 0.625. The van der Waals surface area contributed by atoms with Crippen molar-refractivity contribution in [1.29, 1.82) is 0 Å². The maximum atomic E-state index is 5.79. The number of benzene rings is 1. The van der Waals surface area contributed by atoms with Crippen LogP contribution < -0.4 is 10.1 Å². The van der Waals surface area contributed by atoms with Crippen LogP contribution in [0.15, 0.2) is 24.3 Å². The standard InChI is InChI=1S/C14H22N2O.C2H6/c1-2-13-4-3-5-14(12-13)17-11-10-16-8-6-15-7-9-16;1-2/h3-5,12,15H,2,6-11H2,1H3;1-2H3. The lowest BCUT2D eigenvalue weighted by Crippen LogP contribution is -2.44.